The van der Waals surface area contributed by atoms with Gasteiger partial charge in [-0.15, -0.1) is 10.2 Å². The molecule has 3 rings (SSSR count). The van der Waals surface area contributed by atoms with E-state index < -0.39 is 0 Å². The molecule has 6 nitrogen and oxygen atoms in total. The second-order valence-electron chi connectivity index (χ2n) is 6.50. The number of carbonyl (C=O) groups is 1. The molecule has 3 aromatic rings. The van der Waals surface area contributed by atoms with Gasteiger partial charge >= 0.3 is 0 Å². The van der Waals surface area contributed by atoms with Gasteiger partial charge in [-0.1, -0.05) is 52.8 Å². The highest BCUT2D eigenvalue weighted by atomic mass is 79.9. The van der Waals surface area contributed by atoms with E-state index in [0.717, 1.165) is 22.3 Å². The summed E-state index contributed by atoms with van der Waals surface area (Å²) in [5.41, 5.74) is 2.02. The maximum atomic E-state index is 12.2. The zero-order valence-corrected chi connectivity index (χ0v) is 19.0. The van der Waals surface area contributed by atoms with Crippen molar-refractivity contribution in [1.29, 1.82) is 0 Å². The Labute approximate surface area is 183 Å². The molecule has 1 aromatic heterocycles. The summed E-state index contributed by atoms with van der Waals surface area (Å²) in [5, 5.41) is 12.0. The zero-order chi connectivity index (χ0) is 20.8. The topological polar surface area (TPSA) is 69.0 Å². The minimum atomic E-state index is -0.259. The summed E-state index contributed by atoms with van der Waals surface area (Å²) in [7, 11) is 1.88. The Hall–Kier alpha value is -2.32. The number of carbonyl (C=O) groups excluding carboxylic acids is 1. The normalized spacial score (nSPS) is 11.9. The highest BCUT2D eigenvalue weighted by Crippen LogP contribution is 2.24. The molecule has 1 amide bonds. The summed E-state index contributed by atoms with van der Waals surface area (Å²) in [6.07, 6.45) is 0.735. The van der Waals surface area contributed by atoms with E-state index in [4.69, 9.17) is 4.74 Å². The van der Waals surface area contributed by atoms with Gasteiger partial charge in [0.2, 0.25) is 5.91 Å². The first-order valence-corrected chi connectivity index (χ1v) is 11.1. The number of rotatable bonds is 8. The minimum Gasteiger partial charge on any atom is -0.483 e. The molecule has 0 unspecified atom stereocenters. The molecule has 2 aromatic carbocycles. The number of benzene rings is 2. The Morgan fingerprint density at radius 3 is 2.69 bits per heavy atom. The van der Waals surface area contributed by atoms with Crippen LogP contribution >= 0.6 is 27.7 Å². The van der Waals surface area contributed by atoms with Crippen LogP contribution in [0.2, 0.25) is 0 Å². The lowest BCUT2D eigenvalue weighted by atomic mass is 10.2. The van der Waals surface area contributed by atoms with Crippen LogP contribution in [0.25, 0.3) is 0 Å². The van der Waals surface area contributed by atoms with Crippen molar-refractivity contribution in [1.82, 2.24) is 14.8 Å². The van der Waals surface area contributed by atoms with Crippen LogP contribution in [0.1, 0.15) is 31.3 Å². The minimum absolute atomic E-state index is 0.0991. The molecule has 0 radical (unpaired) electrons. The second-order valence-corrected chi connectivity index (χ2v) is 8.36. The maximum absolute atomic E-state index is 12.2. The Morgan fingerprint density at radius 2 is 2.00 bits per heavy atom. The van der Waals surface area contributed by atoms with Gasteiger partial charge in [-0.25, -0.2) is 0 Å². The molecular formula is C21H23BrN4O2S. The maximum Gasteiger partial charge on any atom is 0.234 e. The number of anilines is 1. The smallest absolute Gasteiger partial charge is 0.234 e. The van der Waals surface area contributed by atoms with Crippen LogP contribution in [0, 0.1) is 0 Å². The molecule has 0 bridgehead atoms. The van der Waals surface area contributed by atoms with E-state index in [-0.39, 0.29) is 17.8 Å². The molecule has 0 aliphatic rings. The number of hydrogen-bond acceptors (Lipinski definition) is 5. The summed E-state index contributed by atoms with van der Waals surface area (Å²) in [5.74, 6) is 1.64. The van der Waals surface area contributed by atoms with Gasteiger partial charge in [-0.3, -0.25) is 4.79 Å². The average Bonchev–Trinajstić information content (AvgIpc) is 3.07. The van der Waals surface area contributed by atoms with E-state index >= 15 is 0 Å². The molecule has 0 fully saturated rings. The molecule has 29 heavy (non-hydrogen) atoms. The van der Waals surface area contributed by atoms with E-state index in [1.807, 2.05) is 54.9 Å². The van der Waals surface area contributed by atoms with Crippen molar-refractivity contribution in [3.8, 4) is 5.75 Å². The summed E-state index contributed by atoms with van der Waals surface area (Å²) < 4.78 is 8.77. The molecule has 0 saturated heterocycles. The standard InChI is InChI=1S/C21H23BrN4O2S/c1-4-15-8-10-18(11-9-15)28-14(2)20-24-25-21(26(20)3)29-13-19(27)23-17-7-5-6-16(22)12-17/h5-12,14H,4,13H2,1-3H3,(H,23,27)/t14-/m1/s1. The number of aryl methyl sites for hydroxylation is 1. The van der Waals surface area contributed by atoms with E-state index in [2.05, 4.69) is 50.5 Å². The number of nitrogens with zero attached hydrogens (tertiary/aromatic N) is 3. The van der Waals surface area contributed by atoms with Gasteiger partial charge in [0.1, 0.15) is 5.75 Å². The predicted octanol–water partition coefficient (Wildman–Crippen LogP) is 5.01. The highest BCUT2D eigenvalue weighted by molar-refractivity contribution is 9.10. The van der Waals surface area contributed by atoms with Crippen molar-refractivity contribution < 1.29 is 9.53 Å². The van der Waals surface area contributed by atoms with Crippen molar-refractivity contribution in [2.75, 3.05) is 11.1 Å². The van der Waals surface area contributed by atoms with Crippen LogP contribution in [0.4, 0.5) is 5.69 Å². The Bertz CT molecular complexity index is 975. The van der Waals surface area contributed by atoms with Crippen LogP contribution in [0.15, 0.2) is 58.2 Å². The third kappa shape index (κ3) is 5.83. The number of hydrogen-bond donors (Lipinski definition) is 1. The molecule has 0 aliphatic heterocycles. The fourth-order valence-electron chi connectivity index (χ4n) is 2.76. The van der Waals surface area contributed by atoms with E-state index in [1.165, 1.54) is 17.3 Å². The van der Waals surface area contributed by atoms with E-state index in [9.17, 15) is 4.79 Å². The monoisotopic (exact) mass is 474 g/mol. The van der Waals surface area contributed by atoms with Gasteiger partial charge in [0.05, 0.1) is 5.75 Å². The molecule has 1 N–H and O–H groups in total. The van der Waals surface area contributed by atoms with E-state index in [1.54, 1.807) is 0 Å². The first-order chi connectivity index (χ1) is 14.0. The number of halogens is 1. The third-order valence-corrected chi connectivity index (χ3v) is 5.83. The average molecular weight is 475 g/mol. The number of amides is 1. The fraction of sp³-hybridized carbons (Fsp3) is 0.286. The van der Waals surface area contributed by atoms with E-state index in [0.29, 0.717) is 11.0 Å². The lowest BCUT2D eigenvalue weighted by molar-refractivity contribution is -0.113. The molecular weight excluding hydrogens is 452 g/mol. The first kappa shape index (κ1) is 21.4. The lowest BCUT2D eigenvalue weighted by Crippen LogP contribution is -2.14. The number of aromatic nitrogens is 3. The fourth-order valence-corrected chi connectivity index (χ4v) is 3.88. The van der Waals surface area contributed by atoms with Gasteiger partial charge in [0, 0.05) is 17.2 Å². The zero-order valence-electron chi connectivity index (χ0n) is 16.6. The first-order valence-electron chi connectivity index (χ1n) is 9.29. The SMILES string of the molecule is CCc1ccc(O[C@H](C)c2nnc(SCC(=O)Nc3cccc(Br)c3)n2C)cc1. The molecule has 152 valence electrons. The van der Waals surface area contributed by atoms with Crippen molar-refractivity contribution >= 4 is 39.3 Å². The molecule has 0 saturated carbocycles. The summed E-state index contributed by atoms with van der Waals surface area (Å²) >= 11 is 4.73. The largest absolute Gasteiger partial charge is 0.483 e. The van der Waals surface area contributed by atoms with Crippen molar-refractivity contribution in [2.45, 2.75) is 31.5 Å². The van der Waals surface area contributed by atoms with Crippen molar-refractivity contribution in [2.24, 2.45) is 7.05 Å². The van der Waals surface area contributed by atoms with Crippen LogP contribution < -0.4 is 10.1 Å². The molecule has 1 atom stereocenters. The lowest BCUT2D eigenvalue weighted by Gasteiger charge is -2.14. The van der Waals surface area contributed by atoms with Crippen LogP contribution in [0.3, 0.4) is 0 Å². The Kier molecular flexibility index (Phi) is 7.33. The number of ether oxygens (including phenoxy) is 1. The van der Waals surface area contributed by atoms with Gasteiger partial charge in [-0.2, -0.15) is 0 Å². The van der Waals surface area contributed by atoms with Gasteiger partial charge in [-0.05, 0) is 49.2 Å². The van der Waals surface area contributed by atoms with Crippen LogP contribution in [0.5, 0.6) is 5.75 Å². The quantitative estimate of drug-likeness (QED) is 0.464. The summed E-state index contributed by atoms with van der Waals surface area (Å²) in [6.45, 7) is 4.06. The Balaban J connectivity index is 1.57. The molecule has 0 aliphatic carbocycles. The Morgan fingerprint density at radius 1 is 1.24 bits per heavy atom. The molecule has 0 spiro atoms. The highest BCUT2D eigenvalue weighted by Gasteiger charge is 2.18. The van der Waals surface area contributed by atoms with Gasteiger partial charge in [0.25, 0.3) is 0 Å². The molecule has 8 heteroatoms. The second kappa shape index (κ2) is 9.93. The number of thioether (sulfide) groups is 1. The van der Waals surface area contributed by atoms with Gasteiger partial charge in [0.15, 0.2) is 17.1 Å². The summed E-state index contributed by atoms with van der Waals surface area (Å²) in [4.78, 5) is 12.2. The number of nitrogens with one attached hydrogen (secondary N) is 1. The van der Waals surface area contributed by atoms with Crippen molar-refractivity contribution in [3.63, 3.8) is 0 Å². The summed E-state index contributed by atoms with van der Waals surface area (Å²) in [6, 6.07) is 15.5. The van der Waals surface area contributed by atoms with Crippen molar-refractivity contribution in [3.05, 3.63) is 64.4 Å². The predicted molar refractivity (Wildman–Crippen MR) is 119 cm³/mol. The van der Waals surface area contributed by atoms with Gasteiger partial charge < -0.3 is 14.6 Å². The van der Waals surface area contributed by atoms with Crippen LogP contribution in [-0.2, 0) is 18.3 Å². The third-order valence-electron chi connectivity index (χ3n) is 4.32. The van der Waals surface area contributed by atoms with Crippen LogP contribution in [-0.4, -0.2) is 26.4 Å². The molecule has 1 heterocycles.